The molecule has 0 aliphatic heterocycles. The number of aromatic nitrogens is 1. The van der Waals surface area contributed by atoms with Crippen molar-refractivity contribution in [2.75, 3.05) is 5.88 Å². The third-order valence-electron chi connectivity index (χ3n) is 2.40. The van der Waals surface area contributed by atoms with Crippen molar-refractivity contribution in [2.24, 2.45) is 0 Å². The molecule has 1 heterocycles. The zero-order valence-corrected chi connectivity index (χ0v) is 10.4. The lowest BCUT2D eigenvalue weighted by molar-refractivity contribution is 0.102. The molecule has 0 amide bonds. The first-order chi connectivity index (χ1) is 8.22. The van der Waals surface area contributed by atoms with Gasteiger partial charge < -0.3 is 0 Å². The van der Waals surface area contributed by atoms with Gasteiger partial charge in [0, 0.05) is 28.5 Å². The number of rotatable bonds is 3. The summed E-state index contributed by atoms with van der Waals surface area (Å²) in [7, 11) is 0. The first kappa shape index (κ1) is 12.1. The number of hydrogen-bond donors (Lipinski definition) is 0. The molecule has 0 N–H and O–H groups in total. The molecule has 2 aromatic rings. The highest BCUT2D eigenvalue weighted by Gasteiger charge is 2.08. The molecule has 0 saturated carbocycles. The Morgan fingerprint density at radius 2 is 1.88 bits per heavy atom. The van der Waals surface area contributed by atoms with E-state index in [0.717, 1.165) is 11.1 Å². The van der Waals surface area contributed by atoms with Gasteiger partial charge in [-0.25, -0.2) is 0 Å². The Kier molecular flexibility index (Phi) is 3.77. The molecule has 4 heteroatoms. The molecule has 1 aromatic carbocycles. The Hall–Kier alpha value is -1.38. The lowest BCUT2D eigenvalue weighted by atomic mass is 10.0. The SMILES string of the molecule is O=C(CCl)c1ccc(-c2ccncc2)c(Cl)c1. The first-order valence-corrected chi connectivity index (χ1v) is 5.92. The second kappa shape index (κ2) is 5.30. The maximum Gasteiger partial charge on any atom is 0.177 e. The zero-order chi connectivity index (χ0) is 12.3. The molecule has 0 fully saturated rings. The molecular weight excluding hydrogens is 257 g/mol. The Bertz CT molecular complexity index is 540. The number of halogens is 2. The highest BCUT2D eigenvalue weighted by Crippen LogP contribution is 2.28. The van der Waals surface area contributed by atoms with Crippen molar-refractivity contribution in [1.29, 1.82) is 0 Å². The predicted octanol–water partition coefficient (Wildman–Crippen LogP) is 3.82. The highest BCUT2D eigenvalue weighted by atomic mass is 35.5. The summed E-state index contributed by atoms with van der Waals surface area (Å²) in [6, 6.07) is 8.92. The van der Waals surface area contributed by atoms with E-state index in [2.05, 4.69) is 4.98 Å². The Balaban J connectivity index is 2.42. The third-order valence-corrected chi connectivity index (χ3v) is 2.96. The van der Waals surface area contributed by atoms with Gasteiger partial charge in [-0.05, 0) is 23.8 Å². The van der Waals surface area contributed by atoms with E-state index in [-0.39, 0.29) is 11.7 Å². The van der Waals surface area contributed by atoms with E-state index in [1.807, 2.05) is 18.2 Å². The van der Waals surface area contributed by atoms with Gasteiger partial charge in [-0.3, -0.25) is 9.78 Å². The summed E-state index contributed by atoms with van der Waals surface area (Å²) >= 11 is 11.6. The fourth-order valence-corrected chi connectivity index (χ4v) is 1.98. The van der Waals surface area contributed by atoms with Gasteiger partial charge in [0.2, 0.25) is 0 Å². The lowest BCUT2D eigenvalue weighted by Gasteiger charge is -2.05. The molecule has 2 nitrogen and oxygen atoms in total. The van der Waals surface area contributed by atoms with Gasteiger partial charge >= 0.3 is 0 Å². The van der Waals surface area contributed by atoms with Crippen LogP contribution in [0.5, 0.6) is 0 Å². The van der Waals surface area contributed by atoms with Crippen LogP contribution in [0.3, 0.4) is 0 Å². The number of hydrogen-bond acceptors (Lipinski definition) is 2. The standard InChI is InChI=1S/C13H9Cl2NO/c14-8-13(17)10-1-2-11(12(15)7-10)9-3-5-16-6-4-9/h1-7H,8H2. The summed E-state index contributed by atoms with van der Waals surface area (Å²) in [5.41, 5.74) is 2.37. The molecule has 0 spiro atoms. The molecular formula is C13H9Cl2NO. The fraction of sp³-hybridized carbons (Fsp3) is 0.0769. The minimum atomic E-state index is -0.130. The van der Waals surface area contributed by atoms with Crippen LogP contribution in [-0.4, -0.2) is 16.6 Å². The summed E-state index contributed by atoms with van der Waals surface area (Å²) in [4.78, 5) is 15.4. The molecule has 0 unspecified atom stereocenters. The van der Waals surface area contributed by atoms with Gasteiger partial charge in [0.25, 0.3) is 0 Å². The average molecular weight is 266 g/mol. The predicted molar refractivity (Wildman–Crippen MR) is 69.7 cm³/mol. The van der Waals surface area contributed by atoms with Crippen LogP contribution in [0.2, 0.25) is 5.02 Å². The minimum absolute atomic E-state index is 0.0368. The summed E-state index contributed by atoms with van der Waals surface area (Å²) in [6.07, 6.45) is 3.40. The highest BCUT2D eigenvalue weighted by molar-refractivity contribution is 6.34. The van der Waals surface area contributed by atoms with Crippen molar-refractivity contribution in [1.82, 2.24) is 4.98 Å². The Morgan fingerprint density at radius 3 is 2.47 bits per heavy atom. The van der Waals surface area contributed by atoms with Crippen molar-refractivity contribution in [3.8, 4) is 11.1 Å². The van der Waals surface area contributed by atoms with Crippen molar-refractivity contribution < 1.29 is 4.79 Å². The molecule has 17 heavy (non-hydrogen) atoms. The van der Waals surface area contributed by atoms with Gasteiger partial charge in [-0.1, -0.05) is 23.7 Å². The van der Waals surface area contributed by atoms with Crippen LogP contribution in [0.4, 0.5) is 0 Å². The number of carbonyl (C=O) groups is 1. The number of Topliss-reactive ketones (excluding diaryl/α,β-unsaturated/α-hetero) is 1. The lowest BCUT2D eigenvalue weighted by Crippen LogP contribution is -1.99. The molecule has 0 atom stereocenters. The second-order valence-corrected chi connectivity index (χ2v) is 4.16. The molecule has 2 rings (SSSR count). The summed E-state index contributed by atoms with van der Waals surface area (Å²) in [5, 5.41) is 0.534. The fourth-order valence-electron chi connectivity index (χ4n) is 1.53. The van der Waals surface area contributed by atoms with Gasteiger partial charge in [0.1, 0.15) is 0 Å². The normalized spacial score (nSPS) is 10.2. The monoisotopic (exact) mass is 265 g/mol. The number of carbonyl (C=O) groups excluding carboxylic acids is 1. The van der Waals surface area contributed by atoms with E-state index < -0.39 is 0 Å². The van der Waals surface area contributed by atoms with E-state index in [4.69, 9.17) is 23.2 Å². The summed E-state index contributed by atoms with van der Waals surface area (Å²) in [5.74, 6) is -0.167. The number of alkyl halides is 1. The topological polar surface area (TPSA) is 30.0 Å². The molecule has 0 radical (unpaired) electrons. The van der Waals surface area contributed by atoms with Gasteiger partial charge in [0.15, 0.2) is 5.78 Å². The van der Waals surface area contributed by atoms with Gasteiger partial charge in [-0.15, -0.1) is 11.6 Å². The van der Waals surface area contributed by atoms with Crippen LogP contribution in [-0.2, 0) is 0 Å². The summed E-state index contributed by atoms with van der Waals surface area (Å²) in [6.45, 7) is 0. The second-order valence-electron chi connectivity index (χ2n) is 3.49. The van der Waals surface area contributed by atoms with Gasteiger partial charge in [0.05, 0.1) is 5.88 Å². The van der Waals surface area contributed by atoms with Crippen LogP contribution in [0.1, 0.15) is 10.4 Å². The minimum Gasteiger partial charge on any atom is -0.293 e. The van der Waals surface area contributed by atoms with E-state index in [1.54, 1.807) is 24.5 Å². The van der Waals surface area contributed by atoms with Crippen LogP contribution in [0.15, 0.2) is 42.7 Å². The maximum absolute atomic E-state index is 11.4. The van der Waals surface area contributed by atoms with Crippen molar-refractivity contribution >= 4 is 29.0 Å². The average Bonchev–Trinajstić information content (AvgIpc) is 2.38. The van der Waals surface area contributed by atoms with Crippen molar-refractivity contribution in [3.05, 3.63) is 53.3 Å². The molecule has 0 saturated heterocycles. The molecule has 86 valence electrons. The number of pyridine rings is 1. The maximum atomic E-state index is 11.4. The summed E-state index contributed by atoms with van der Waals surface area (Å²) < 4.78 is 0. The zero-order valence-electron chi connectivity index (χ0n) is 8.86. The Labute approximate surface area is 109 Å². The number of benzene rings is 1. The van der Waals surface area contributed by atoms with E-state index in [9.17, 15) is 4.79 Å². The molecule has 0 aliphatic carbocycles. The number of nitrogens with zero attached hydrogens (tertiary/aromatic N) is 1. The van der Waals surface area contributed by atoms with E-state index >= 15 is 0 Å². The van der Waals surface area contributed by atoms with Crippen LogP contribution < -0.4 is 0 Å². The van der Waals surface area contributed by atoms with Crippen LogP contribution in [0, 0.1) is 0 Å². The largest absolute Gasteiger partial charge is 0.293 e. The first-order valence-electron chi connectivity index (χ1n) is 5.01. The van der Waals surface area contributed by atoms with Crippen molar-refractivity contribution in [3.63, 3.8) is 0 Å². The van der Waals surface area contributed by atoms with Crippen LogP contribution in [0.25, 0.3) is 11.1 Å². The Morgan fingerprint density at radius 1 is 1.18 bits per heavy atom. The van der Waals surface area contributed by atoms with E-state index in [1.165, 1.54) is 0 Å². The molecule has 0 aliphatic rings. The quantitative estimate of drug-likeness (QED) is 0.624. The smallest absolute Gasteiger partial charge is 0.177 e. The van der Waals surface area contributed by atoms with Crippen LogP contribution >= 0.6 is 23.2 Å². The number of ketones is 1. The van der Waals surface area contributed by atoms with Gasteiger partial charge in [-0.2, -0.15) is 0 Å². The van der Waals surface area contributed by atoms with E-state index in [0.29, 0.717) is 10.6 Å². The molecule has 1 aromatic heterocycles. The third kappa shape index (κ3) is 2.65. The molecule has 0 bridgehead atoms. The van der Waals surface area contributed by atoms with Crippen molar-refractivity contribution in [2.45, 2.75) is 0 Å².